The average molecular weight is 411 g/mol. The summed E-state index contributed by atoms with van der Waals surface area (Å²) in [6, 6.07) is 12.6. The summed E-state index contributed by atoms with van der Waals surface area (Å²) in [6.07, 6.45) is 5.93. The zero-order valence-corrected chi connectivity index (χ0v) is 17.6. The van der Waals surface area contributed by atoms with E-state index in [2.05, 4.69) is 5.32 Å². The van der Waals surface area contributed by atoms with Gasteiger partial charge in [0, 0.05) is 17.7 Å². The largest absolute Gasteiger partial charge is 0.493 e. The number of carbonyl (C=O) groups is 2. The molecule has 30 heavy (non-hydrogen) atoms. The minimum atomic E-state index is -0.0676. The van der Waals surface area contributed by atoms with Crippen molar-refractivity contribution in [2.75, 3.05) is 19.0 Å². The molecule has 0 saturated heterocycles. The first kappa shape index (κ1) is 21.7. The number of hydrogen-bond acceptors (Lipinski definition) is 5. The number of ether oxygens (including phenoxy) is 3. The van der Waals surface area contributed by atoms with E-state index in [1.54, 1.807) is 18.2 Å². The van der Waals surface area contributed by atoms with Gasteiger partial charge in [0.05, 0.1) is 19.8 Å². The number of benzene rings is 2. The Balaban J connectivity index is 1.40. The minimum absolute atomic E-state index is 0.0327. The van der Waals surface area contributed by atoms with E-state index in [1.165, 1.54) is 26.9 Å². The number of nitrogens with one attached hydrogen (secondary N) is 1. The Morgan fingerprint density at radius 3 is 2.43 bits per heavy atom. The minimum Gasteiger partial charge on any atom is -0.493 e. The summed E-state index contributed by atoms with van der Waals surface area (Å²) in [5, 5.41) is 2.89. The summed E-state index contributed by atoms with van der Waals surface area (Å²) < 4.78 is 16.9. The Morgan fingerprint density at radius 2 is 1.77 bits per heavy atom. The number of amides is 1. The highest BCUT2D eigenvalue weighted by molar-refractivity contribution is 5.94. The van der Waals surface area contributed by atoms with Gasteiger partial charge in [-0.15, -0.1) is 0 Å². The molecule has 1 aliphatic carbocycles. The summed E-state index contributed by atoms with van der Waals surface area (Å²) in [6.45, 7) is 1.88. The van der Waals surface area contributed by atoms with Crippen molar-refractivity contribution in [3.05, 3.63) is 48.0 Å². The van der Waals surface area contributed by atoms with E-state index >= 15 is 0 Å². The van der Waals surface area contributed by atoms with Crippen molar-refractivity contribution < 1.29 is 23.8 Å². The van der Waals surface area contributed by atoms with Gasteiger partial charge in [-0.25, -0.2) is 0 Å². The molecule has 6 nitrogen and oxygen atoms in total. The Kier molecular flexibility index (Phi) is 7.71. The van der Waals surface area contributed by atoms with Gasteiger partial charge in [0.25, 0.3) is 0 Å². The fourth-order valence-corrected chi connectivity index (χ4v) is 3.46. The van der Waals surface area contributed by atoms with Crippen LogP contribution >= 0.6 is 0 Å². The molecule has 0 unspecified atom stereocenters. The SMILES string of the molecule is COc1cc(C(C)=O)ccc1OCCCC(=O)Nc1ccc(OC2CCCC2)cc1. The highest BCUT2D eigenvalue weighted by Gasteiger charge is 2.16. The molecule has 0 atom stereocenters. The normalized spacial score (nSPS) is 13.7. The molecule has 160 valence electrons. The van der Waals surface area contributed by atoms with Crippen molar-refractivity contribution >= 4 is 17.4 Å². The second-order valence-electron chi connectivity index (χ2n) is 7.47. The summed E-state index contributed by atoms with van der Waals surface area (Å²) in [7, 11) is 1.53. The number of ketones is 1. The molecule has 0 spiro atoms. The summed E-state index contributed by atoms with van der Waals surface area (Å²) >= 11 is 0. The monoisotopic (exact) mass is 411 g/mol. The van der Waals surface area contributed by atoms with E-state index in [-0.39, 0.29) is 11.7 Å². The summed E-state index contributed by atoms with van der Waals surface area (Å²) in [4.78, 5) is 23.6. The number of hydrogen-bond donors (Lipinski definition) is 1. The van der Waals surface area contributed by atoms with Crippen LogP contribution in [0.25, 0.3) is 0 Å². The highest BCUT2D eigenvalue weighted by Crippen LogP contribution is 2.28. The fourth-order valence-electron chi connectivity index (χ4n) is 3.46. The van der Waals surface area contributed by atoms with E-state index in [0.717, 1.165) is 24.3 Å². The number of carbonyl (C=O) groups excluding carboxylic acids is 2. The van der Waals surface area contributed by atoms with Crippen molar-refractivity contribution in [2.24, 2.45) is 0 Å². The third-order valence-corrected chi connectivity index (χ3v) is 5.12. The second-order valence-corrected chi connectivity index (χ2v) is 7.47. The molecule has 0 heterocycles. The Hall–Kier alpha value is -3.02. The molecule has 0 radical (unpaired) electrons. The van der Waals surface area contributed by atoms with Gasteiger partial charge in [0.2, 0.25) is 5.91 Å². The molecule has 1 N–H and O–H groups in total. The molecule has 2 aromatic rings. The van der Waals surface area contributed by atoms with Gasteiger partial charge in [-0.1, -0.05) is 0 Å². The van der Waals surface area contributed by atoms with Crippen molar-refractivity contribution in [2.45, 2.75) is 51.6 Å². The summed E-state index contributed by atoms with van der Waals surface area (Å²) in [5.41, 5.74) is 1.32. The van der Waals surface area contributed by atoms with Crippen LogP contribution in [0, 0.1) is 0 Å². The maximum Gasteiger partial charge on any atom is 0.224 e. The van der Waals surface area contributed by atoms with Gasteiger partial charge >= 0.3 is 0 Å². The van der Waals surface area contributed by atoms with Gasteiger partial charge < -0.3 is 19.5 Å². The second kappa shape index (κ2) is 10.7. The molecule has 0 aliphatic heterocycles. The summed E-state index contributed by atoms with van der Waals surface area (Å²) in [5.74, 6) is 1.81. The first-order chi connectivity index (χ1) is 14.5. The highest BCUT2D eigenvalue weighted by atomic mass is 16.5. The number of Topliss-reactive ketones (excluding diaryl/α,β-unsaturated/α-hetero) is 1. The van der Waals surface area contributed by atoms with Crippen LogP contribution in [0.3, 0.4) is 0 Å². The smallest absolute Gasteiger partial charge is 0.224 e. The van der Waals surface area contributed by atoms with Gasteiger partial charge in [0.1, 0.15) is 5.75 Å². The lowest BCUT2D eigenvalue weighted by Gasteiger charge is -2.13. The molecule has 2 aromatic carbocycles. The van der Waals surface area contributed by atoms with Crippen LogP contribution < -0.4 is 19.5 Å². The van der Waals surface area contributed by atoms with Crippen LogP contribution in [0.4, 0.5) is 5.69 Å². The fraction of sp³-hybridized carbons (Fsp3) is 0.417. The predicted octanol–water partition coefficient (Wildman–Crippen LogP) is 5.02. The lowest BCUT2D eigenvalue weighted by atomic mass is 10.1. The van der Waals surface area contributed by atoms with Crippen LogP contribution in [0.5, 0.6) is 17.2 Å². The van der Waals surface area contributed by atoms with E-state index < -0.39 is 0 Å². The van der Waals surface area contributed by atoms with Crippen molar-refractivity contribution in [3.63, 3.8) is 0 Å². The topological polar surface area (TPSA) is 73.9 Å². The molecule has 1 amide bonds. The average Bonchev–Trinajstić information content (AvgIpc) is 3.25. The Bertz CT molecular complexity index is 856. The molecule has 1 saturated carbocycles. The Morgan fingerprint density at radius 1 is 1.03 bits per heavy atom. The zero-order valence-electron chi connectivity index (χ0n) is 17.6. The Labute approximate surface area is 177 Å². The molecule has 0 aromatic heterocycles. The lowest BCUT2D eigenvalue weighted by molar-refractivity contribution is -0.116. The quantitative estimate of drug-likeness (QED) is 0.439. The van der Waals surface area contributed by atoms with Crippen molar-refractivity contribution in [1.82, 2.24) is 0 Å². The van der Waals surface area contributed by atoms with Crippen LogP contribution in [-0.2, 0) is 4.79 Å². The molecule has 1 fully saturated rings. The maximum absolute atomic E-state index is 12.2. The molecule has 1 aliphatic rings. The number of anilines is 1. The molecule has 0 bridgehead atoms. The third-order valence-electron chi connectivity index (χ3n) is 5.12. The van der Waals surface area contributed by atoms with Gasteiger partial charge in [-0.3, -0.25) is 9.59 Å². The van der Waals surface area contributed by atoms with Crippen LogP contribution in [-0.4, -0.2) is 31.5 Å². The van der Waals surface area contributed by atoms with Crippen LogP contribution in [0.2, 0.25) is 0 Å². The van der Waals surface area contributed by atoms with Crippen molar-refractivity contribution in [3.8, 4) is 17.2 Å². The van der Waals surface area contributed by atoms with Gasteiger partial charge in [0.15, 0.2) is 17.3 Å². The first-order valence-electron chi connectivity index (χ1n) is 10.4. The van der Waals surface area contributed by atoms with Gasteiger partial charge in [-0.05, 0) is 81.5 Å². The standard InChI is InChI=1S/C24H29NO5/c1-17(26)18-9-14-22(23(16-18)28-2)29-15-5-8-24(27)25-19-10-12-21(13-11-19)30-20-6-3-4-7-20/h9-14,16,20H,3-8,15H2,1-2H3,(H,25,27). The van der Waals surface area contributed by atoms with Crippen LogP contribution in [0.1, 0.15) is 55.8 Å². The predicted molar refractivity (Wildman–Crippen MR) is 116 cm³/mol. The number of rotatable bonds is 10. The van der Waals surface area contributed by atoms with E-state index in [4.69, 9.17) is 14.2 Å². The van der Waals surface area contributed by atoms with E-state index in [0.29, 0.717) is 42.6 Å². The van der Waals surface area contributed by atoms with Crippen LogP contribution in [0.15, 0.2) is 42.5 Å². The molecular formula is C24H29NO5. The molecule has 3 rings (SSSR count). The van der Waals surface area contributed by atoms with E-state index in [9.17, 15) is 9.59 Å². The maximum atomic E-state index is 12.2. The van der Waals surface area contributed by atoms with Gasteiger partial charge in [-0.2, -0.15) is 0 Å². The first-order valence-corrected chi connectivity index (χ1v) is 10.4. The number of methoxy groups -OCH3 is 1. The lowest BCUT2D eigenvalue weighted by Crippen LogP contribution is -2.13. The van der Waals surface area contributed by atoms with E-state index in [1.807, 2.05) is 24.3 Å². The molecular weight excluding hydrogens is 382 g/mol. The molecule has 6 heteroatoms. The van der Waals surface area contributed by atoms with Crippen molar-refractivity contribution in [1.29, 1.82) is 0 Å². The third kappa shape index (κ3) is 6.24. The zero-order chi connectivity index (χ0) is 21.3.